The van der Waals surface area contributed by atoms with Gasteiger partial charge in [0.15, 0.2) is 11.2 Å². The van der Waals surface area contributed by atoms with Gasteiger partial charge in [0.05, 0.1) is 11.0 Å². The van der Waals surface area contributed by atoms with Crippen LogP contribution in [0.1, 0.15) is 0 Å². The van der Waals surface area contributed by atoms with E-state index in [1.165, 1.54) is 32.6 Å². The summed E-state index contributed by atoms with van der Waals surface area (Å²) in [5.74, 6) is 1.25. The summed E-state index contributed by atoms with van der Waals surface area (Å²) in [6, 6.07) is 61.4. The molecule has 248 valence electrons. The van der Waals surface area contributed by atoms with E-state index >= 15 is 0 Å². The van der Waals surface area contributed by atoms with Gasteiger partial charge >= 0.3 is 0 Å². The molecule has 0 fully saturated rings. The molecule has 0 atom stereocenters. The number of benzene rings is 8. The maximum atomic E-state index is 6.09. The Balaban J connectivity index is 1.08. The van der Waals surface area contributed by atoms with Gasteiger partial charge in [0.25, 0.3) is 0 Å². The van der Waals surface area contributed by atoms with Gasteiger partial charge in [-0.15, -0.1) is 0 Å². The van der Waals surface area contributed by atoms with Crippen molar-refractivity contribution in [1.29, 1.82) is 0 Å². The number of hydrogen-bond acceptors (Lipinski definition) is 4. The molecule has 0 saturated heterocycles. The second kappa shape index (κ2) is 11.7. The minimum atomic E-state index is 0.624. The topological polar surface area (TPSA) is 57.0 Å². The molecule has 0 N–H and O–H groups in total. The van der Waals surface area contributed by atoms with Crippen LogP contribution in [0.2, 0.25) is 0 Å². The number of hydrogen-bond donors (Lipinski definition) is 0. The van der Waals surface area contributed by atoms with Gasteiger partial charge in [0.1, 0.15) is 11.0 Å². The molecule has 3 aromatic heterocycles. The molecule has 0 amide bonds. The molecule has 0 unspecified atom stereocenters. The molecule has 0 radical (unpaired) electrons. The van der Waals surface area contributed by atoms with Gasteiger partial charge in [-0.2, -0.15) is 0 Å². The van der Waals surface area contributed by atoms with Crippen molar-refractivity contribution in [1.82, 2.24) is 14.5 Å². The summed E-state index contributed by atoms with van der Waals surface area (Å²) in [5, 5.41) is 4.79. The molecule has 11 aromatic rings. The van der Waals surface area contributed by atoms with Gasteiger partial charge in [-0.3, -0.25) is 0 Å². The van der Waals surface area contributed by atoms with Crippen LogP contribution in [0, 0.1) is 0 Å². The predicted octanol–water partition coefficient (Wildman–Crippen LogP) is 12.9. The van der Waals surface area contributed by atoms with Crippen LogP contribution in [0.4, 0.5) is 0 Å². The van der Waals surface area contributed by atoms with Crippen molar-refractivity contribution in [3.63, 3.8) is 0 Å². The lowest BCUT2D eigenvalue weighted by Crippen LogP contribution is -1.94. The number of nitrogens with zero attached hydrogens (tertiary/aromatic N) is 3. The summed E-state index contributed by atoms with van der Waals surface area (Å²) in [5.41, 5.74) is 13.3. The summed E-state index contributed by atoms with van der Waals surface area (Å²) in [6.07, 6.45) is 0. The van der Waals surface area contributed by atoms with Gasteiger partial charge in [-0.25, -0.2) is 9.97 Å². The number of para-hydroxylation sites is 5. The Hall–Kier alpha value is -7.24. The zero-order valence-electron chi connectivity index (χ0n) is 28.4. The van der Waals surface area contributed by atoms with Crippen molar-refractivity contribution in [3.8, 4) is 50.8 Å². The second-order valence-corrected chi connectivity index (χ2v) is 13.4. The highest BCUT2D eigenvalue weighted by molar-refractivity contribution is 6.22. The first-order valence-corrected chi connectivity index (χ1v) is 17.7. The van der Waals surface area contributed by atoms with E-state index in [1.807, 2.05) is 48.5 Å². The van der Waals surface area contributed by atoms with Crippen LogP contribution in [0.15, 0.2) is 185 Å². The molecule has 0 aliphatic rings. The van der Waals surface area contributed by atoms with Gasteiger partial charge in [0.2, 0.25) is 11.8 Å². The average molecular weight is 680 g/mol. The van der Waals surface area contributed by atoms with E-state index in [9.17, 15) is 0 Å². The highest BCUT2D eigenvalue weighted by Gasteiger charge is 2.19. The Labute approximate surface area is 304 Å². The minimum absolute atomic E-state index is 0.624. The molecule has 8 aromatic carbocycles. The number of fused-ring (bicyclic) bond motifs is 7. The van der Waals surface area contributed by atoms with E-state index in [0.29, 0.717) is 11.8 Å². The third-order valence-electron chi connectivity index (χ3n) is 10.3. The van der Waals surface area contributed by atoms with E-state index < -0.39 is 0 Å². The van der Waals surface area contributed by atoms with Crippen molar-refractivity contribution >= 4 is 54.8 Å². The number of oxazole rings is 2. The molecule has 0 bridgehead atoms. The van der Waals surface area contributed by atoms with Gasteiger partial charge in [-0.05, 0) is 107 Å². The summed E-state index contributed by atoms with van der Waals surface area (Å²) in [4.78, 5) is 9.43. The van der Waals surface area contributed by atoms with Crippen LogP contribution in [-0.4, -0.2) is 14.5 Å². The standard InChI is InChI=1S/C48H29N3O2/c1-2-10-35(11-3-1)51-43-27-26-34(30-18-22-32(23-19-30)47-49-41-14-6-8-16-44(41)52-47)28-39(43)40-29-38(36-12-4-5-13-37(36)46(40)51)31-20-24-33(25-21-31)48-50-42-15-7-9-17-45(42)53-48/h1-29H. The molecular formula is C48H29N3O2. The molecule has 11 rings (SSSR count). The largest absolute Gasteiger partial charge is 0.436 e. The fourth-order valence-electron chi connectivity index (χ4n) is 7.73. The fraction of sp³-hybridized carbons (Fsp3) is 0. The summed E-state index contributed by atoms with van der Waals surface area (Å²) in [7, 11) is 0. The first kappa shape index (κ1) is 29.5. The lowest BCUT2D eigenvalue weighted by atomic mass is 9.94. The molecule has 0 aliphatic carbocycles. The maximum Gasteiger partial charge on any atom is 0.227 e. The first-order valence-electron chi connectivity index (χ1n) is 17.7. The molecule has 5 nitrogen and oxygen atoms in total. The van der Waals surface area contributed by atoms with Crippen LogP contribution in [0.3, 0.4) is 0 Å². The molecule has 0 spiro atoms. The van der Waals surface area contributed by atoms with Crippen molar-refractivity contribution in [2.24, 2.45) is 0 Å². The van der Waals surface area contributed by atoms with E-state index in [2.05, 4.69) is 132 Å². The molecule has 3 heterocycles. The van der Waals surface area contributed by atoms with E-state index in [4.69, 9.17) is 18.8 Å². The monoisotopic (exact) mass is 679 g/mol. The van der Waals surface area contributed by atoms with Gasteiger partial charge in [-0.1, -0.05) is 97.1 Å². The second-order valence-electron chi connectivity index (χ2n) is 13.4. The molecule has 53 heavy (non-hydrogen) atoms. The molecule has 0 saturated carbocycles. The summed E-state index contributed by atoms with van der Waals surface area (Å²) in [6.45, 7) is 0. The van der Waals surface area contributed by atoms with Crippen molar-refractivity contribution < 1.29 is 8.83 Å². The van der Waals surface area contributed by atoms with Gasteiger partial charge in [0, 0.05) is 33.0 Å². The molecular weight excluding hydrogens is 651 g/mol. The van der Waals surface area contributed by atoms with E-state index in [0.717, 1.165) is 61.2 Å². The van der Waals surface area contributed by atoms with E-state index in [-0.39, 0.29) is 0 Å². The quantitative estimate of drug-likeness (QED) is 0.182. The van der Waals surface area contributed by atoms with E-state index in [1.54, 1.807) is 0 Å². The maximum absolute atomic E-state index is 6.09. The third kappa shape index (κ3) is 4.79. The van der Waals surface area contributed by atoms with Crippen molar-refractivity contribution in [2.75, 3.05) is 0 Å². The van der Waals surface area contributed by atoms with Crippen molar-refractivity contribution in [2.45, 2.75) is 0 Å². The van der Waals surface area contributed by atoms with Crippen LogP contribution < -0.4 is 0 Å². The van der Waals surface area contributed by atoms with Crippen LogP contribution in [0.5, 0.6) is 0 Å². The third-order valence-corrected chi connectivity index (χ3v) is 10.3. The highest BCUT2D eigenvalue weighted by Crippen LogP contribution is 2.43. The summed E-state index contributed by atoms with van der Waals surface area (Å²) < 4.78 is 14.6. The lowest BCUT2D eigenvalue weighted by Gasteiger charge is -2.13. The molecule has 0 aliphatic heterocycles. The Morgan fingerprint density at radius 1 is 0.377 bits per heavy atom. The average Bonchev–Trinajstić information content (AvgIpc) is 3.95. The Bertz CT molecular complexity index is 3090. The summed E-state index contributed by atoms with van der Waals surface area (Å²) >= 11 is 0. The fourth-order valence-corrected chi connectivity index (χ4v) is 7.73. The van der Waals surface area contributed by atoms with Crippen molar-refractivity contribution in [3.05, 3.63) is 176 Å². The first-order chi connectivity index (χ1) is 26.2. The number of rotatable bonds is 5. The van der Waals surface area contributed by atoms with Crippen LogP contribution in [0.25, 0.3) is 106 Å². The minimum Gasteiger partial charge on any atom is -0.436 e. The Morgan fingerprint density at radius 3 is 1.55 bits per heavy atom. The zero-order chi connectivity index (χ0) is 34.9. The Morgan fingerprint density at radius 2 is 0.906 bits per heavy atom. The molecule has 5 heteroatoms. The Kier molecular flexibility index (Phi) is 6.48. The highest BCUT2D eigenvalue weighted by atomic mass is 16.4. The SMILES string of the molecule is c1ccc(-n2c3ccc(-c4ccc(-c5nc6ccccc6o5)cc4)cc3c3cc(-c4ccc(-c5nc6ccccc6o5)cc4)c4ccccc4c32)cc1. The van der Waals surface area contributed by atoms with Crippen LogP contribution in [-0.2, 0) is 0 Å². The number of aromatic nitrogens is 3. The zero-order valence-corrected chi connectivity index (χ0v) is 28.4. The smallest absolute Gasteiger partial charge is 0.227 e. The predicted molar refractivity (Wildman–Crippen MR) is 215 cm³/mol. The van der Waals surface area contributed by atoms with Gasteiger partial charge < -0.3 is 13.4 Å². The normalized spacial score (nSPS) is 11.8. The van der Waals surface area contributed by atoms with Crippen LogP contribution >= 0.6 is 0 Å². The lowest BCUT2D eigenvalue weighted by molar-refractivity contribution is 0.619.